The molecular weight excluding hydrogens is 254 g/mol. The standard InChI is InChI=1S/C15H11N3S/c1-10-5-6-14-13(7-10)18-15(19-14)17-12-4-2-3-11(8-12)9-16/h2-8H,1H3,(H,17,18). The predicted molar refractivity (Wildman–Crippen MR) is 78.8 cm³/mol. The molecule has 1 aromatic heterocycles. The number of hydrogen-bond donors (Lipinski definition) is 1. The van der Waals surface area contributed by atoms with E-state index in [2.05, 4.69) is 41.5 Å². The summed E-state index contributed by atoms with van der Waals surface area (Å²) in [5.41, 5.74) is 3.73. The summed E-state index contributed by atoms with van der Waals surface area (Å²) >= 11 is 1.61. The molecule has 92 valence electrons. The quantitative estimate of drug-likeness (QED) is 0.754. The number of anilines is 2. The number of aryl methyl sites for hydroxylation is 1. The summed E-state index contributed by atoms with van der Waals surface area (Å²) in [7, 11) is 0. The van der Waals surface area contributed by atoms with Crippen LogP contribution in [0.3, 0.4) is 0 Å². The number of aromatic nitrogens is 1. The fourth-order valence-electron chi connectivity index (χ4n) is 1.88. The fraction of sp³-hybridized carbons (Fsp3) is 0.0667. The van der Waals surface area contributed by atoms with Gasteiger partial charge in [0.2, 0.25) is 0 Å². The van der Waals surface area contributed by atoms with Crippen LogP contribution in [-0.2, 0) is 0 Å². The smallest absolute Gasteiger partial charge is 0.188 e. The first-order valence-electron chi connectivity index (χ1n) is 5.89. The molecule has 1 heterocycles. The maximum absolute atomic E-state index is 8.88. The van der Waals surface area contributed by atoms with Crippen molar-refractivity contribution in [3.63, 3.8) is 0 Å². The molecule has 0 aliphatic carbocycles. The molecule has 0 amide bonds. The Morgan fingerprint density at radius 3 is 2.95 bits per heavy atom. The topological polar surface area (TPSA) is 48.7 Å². The van der Waals surface area contributed by atoms with Gasteiger partial charge in [-0.2, -0.15) is 5.26 Å². The lowest BCUT2D eigenvalue weighted by molar-refractivity contribution is 1.41. The van der Waals surface area contributed by atoms with Gasteiger partial charge in [-0.3, -0.25) is 0 Å². The van der Waals surface area contributed by atoms with Gasteiger partial charge < -0.3 is 5.32 Å². The van der Waals surface area contributed by atoms with Crippen LogP contribution in [0.15, 0.2) is 42.5 Å². The minimum Gasteiger partial charge on any atom is -0.331 e. The van der Waals surface area contributed by atoms with E-state index in [1.165, 1.54) is 5.56 Å². The monoisotopic (exact) mass is 265 g/mol. The van der Waals surface area contributed by atoms with E-state index in [0.717, 1.165) is 21.0 Å². The SMILES string of the molecule is Cc1ccc2sc(Nc3cccc(C#N)c3)nc2c1. The number of hydrogen-bond acceptors (Lipinski definition) is 4. The van der Waals surface area contributed by atoms with Crippen LogP contribution < -0.4 is 5.32 Å². The van der Waals surface area contributed by atoms with Gasteiger partial charge in [0.1, 0.15) is 0 Å². The first-order valence-corrected chi connectivity index (χ1v) is 6.70. The van der Waals surface area contributed by atoms with Crippen molar-refractivity contribution < 1.29 is 0 Å². The van der Waals surface area contributed by atoms with Crippen LogP contribution in [0.2, 0.25) is 0 Å². The predicted octanol–water partition coefficient (Wildman–Crippen LogP) is 4.22. The van der Waals surface area contributed by atoms with Gasteiger partial charge >= 0.3 is 0 Å². The Balaban J connectivity index is 1.94. The van der Waals surface area contributed by atoms with Crippen molar-refractivity contribution in [1.82, 2.24) is 4.98 Å². The Morgan fingerprint density at radius 1 is 1.21 bits per heavy atom. The lowest BCUT2D eigenvalue weighted by atomic mass is 10.2. The Kier molecular flexibility index (Phi) is 2.90. The van der Waals surface area contributed by atoms with Gasteiger partial charge in [0.25, 0.3) is 0 Å². The highest BCUT2D eigenvalue weighted by atomic mass is 32.1. The van der Waals surface area contributed by atoms with E-state index >= 15 is 0 Å². The lowest BCUT2D eigenvalue weighted by Gasteiger charge is -2.01. The second kappa shape index (κ2) is 4.71. The molecule has 2 aromatic carbocycles. The summed E-state index contributed by atoms with van der Waals surface area (Å²) in [4.78, 5) is 4.55. The van der Waals surface area contributed by atoms with E-state index < -0.39 is 0 Å². The van der Waals surface area contributed by atoms with Crippen molar-refractivity contribution in [2.45, 2.75) is 6.92 Å². The molecule has 0 aliphatic rings. The van der Waals surface area contributed by atoms with Crippen LogP contribution in [0.1, 0.15) is 11.1 Å². The van der Waals surface area contributed by atoms with Gasteiger partial charge in [-0.1, -0.05) is 23.5 Å². The van der Waals surface area contributed by atoms with E-state index in [-0.39, 0.29) is 0 Å². The number of rotatable bonds is 2. The van der Waals surface area contributed by atoms with Crippen molar-refractivity contribution >= 4 is 32.4 Å². The lowest BCUT2D eigenvalue weighted by Crippen LogP contribution is -1.89. The Labute approximate surface area is 115 Å². The van der Waals surface area contributed by atoms with Gasteiger partial charge in [-0.15, -0.1) is 0 Å². The van der Waals surface area contributed by atoms with Crippen molar-refractivity contribution in [2.75, 3.05) is 5.32 Å². The maximum Gasteiger partial charge on any atom is 0.188 e. The van der Waals surface area contributed by atoms with Crippen molar-refractivity contribution in [3.05, 3.63) is 53.6 Å². The molecule has 0 spiro atoms. The van der Waals surface area contributed by atoms with Crippen LogP contribution in [0.5, 0.6) is 0 Å². The second-order valence-corrected chi connectivity index (χ2v) is 5.34. The Morgan fingerprint density at radius 2 is 2.11 bits per heavy atom. The Bertz CT molecular complexity index is 783. The molecule has 3 aromatic rings. The minimum absolute atomic E-state index is 0.641. The molecule has 0 atom stereocenters. The summed E-state index contributed by atoms with van der Waals surface area (Å²) in [6, 6.07) is 15.8. The summed E-state index contributed by atoms with van der Waals surface area (Å²) in [5.74, 6) is 0. The van der Waals surface area contributed by atoms with Crippen LogP contribution in [0.4, 0.5) is 10.8 Å². The molecule has 3 rings (SSSR count). The molecule has 0 radical (unpaired) electrons. The molecule has 0 saturated carbocycles. The molecule has 0 bridgehead atoms. The van der Waals surface area contributed by atoms with E-state index in [1.54, 1.807) is 17.4 Å². The van der Waals surface area contributed by atoms with Crippen molar-refractivity contribution in [1.29, 1.82) is 5.26 Å². The van der Waals surface area contributed by atoms with Gasteiger partial charge in [0.05, 0.1) is 21.8 Å². The van der Waals surface area contributed by atoms with E-state index in [1.807, 2.05) is 18.2 Å². The van der Waals surface area contributed by atoms with E-state index in [0.29, 0.717) is 5.56 Å². The number of nitrogens with zero attached hydrogens (tertiary/aromatic N) is 2. The van der Waals surface area contributed by atoms with Crippen molar-refractivity contribution in [2.24, 2.45) is 0 Å². The minimum atomic E-state index is 0.641. The van der Waals surface area contributed by atoms with E-state index in [9.17, 15) is 0 Å². The third-order valence-electron chi connectivity index (χ3n) is 2.79. The normalized spacial score (nSPS) is 10.3. The first kappa shape index (κ1) is 11.7. The average Bonchev–Trinajstić information content (AvgIpc) is 2.80. The fourth-order valence-corrected chi connectivity index (χ4v) is 2.75. The third kappa shape index (κ3) is 2.42. The molecule has 1 N–H and O–H groups in total. The van der Waals surface area contributed by atoms with Gasteiger partial charge in [0, 0.05) is 5.69 Å². The van der Waals surface area contributed by atoms with Crippen LogP contribution in [0, 0.1) is 18.3 Å². The van der Waals surface area contributed by atoms with Crippen LogP contribution in [0.25, 0.3) is 10.2 Å². The molecule has 3 nitrogen and oxygen atoms in total. The summed E-state index contributed by atoms with van der Waals surface area (Å²) in [5, 5.41) is 13.0. The molecule has 0 unspecified atom stereocenters. The Hall–Kier alpha value is -2.38. The van der Waals surface area contributed by atoms with Crippen molar-refractivity contribution in [3.8, 4) is 6.07 Å². The summed E-state index contributed by atoms with van der Waals surface area (Å²) in [6.45, 7) is 2.06. The second-order valence-electron chi connectivity index (χ2n) is 4.31. The number of benzene rings is 2. The van der Waals surface area contributed by atoms with Gasteiger partial charge in [-0.25, -0.2) is 4.98 Å². The zero-order valence-corrected chi connectivity index (χ0v) is 11.2. The molecule has 0 saturated heterocycles. The molecule has 4 heteroatoms. The number of thiazole rings is 1. The highest BCUT2D eigenvalue weighted by molar-refractivity contribution is 7.22. The molecule has 0 aliphatic heterocycles. The van der Waals surface area contributed by atoms with E-state index in [4.69, 9.17) is 5.26 Å². The summed E-state index contributed by atoms with van der Waals surface area (Å²) < 4.78 is 1.16. The highest BCUT2D eigenvalue weighted by Crippen LogP contribution is 2.28. The molecular formula is C15H11N3S. The molecule has 0 fully saturated rings. The molecule has 19 heavy (non-hydrogen) atoms. The number of nitriles is 1. The maximum atomic E-state index is 8.88. The summed E-state index contributed by atoms with van der Waals surface area (Å²) in [6.07, 6.45) is 0. The third-order valence-corrected chi connectivity index (χ3v) is 3.74. The zero-order valence-electron chi connectivity index (χ0n) is 10.3. The van der Waals surface area contributed by atoms with Gasteiger partial charge in [0.15, 0.2) is 5.13 Å². The number of fused-ring (bicyclic) bond motifs is 1. The van der Waals surface area contributed by atoms with Crippen LogP contribution >= 0.6 is 11.3 Å². The highest BCUT2D eigenvalue weighted by Gasteiger charge is 2.04. The zero-order chi connectivity index (χ0) is 13.2. The average molecular weight is 265 g/mol. The first-order chi connectivity index (χ1) is 9.24. The van der Waals surface area contributed by atoms with Gasteiger partial charge in [-0.05, 0) is 42.8 Å². The number of nitrogens with one attached hydrogen (secondary N) is 1. The largest absolute Gasteiger partial charge is 0.331 e. The van der Waals surface area contributed by atoms with Crippen LogP contribution in [-0.4, -0.2) is 4.98 Å².